The molecule has 0 spiro atoms. The summed E-state index contributed by atoms with van der Waals surface area (Å²) in [4.78, 5) is 23.1. The van der Waals surface area contributed by atoms with Crippen LogP contribution in [-0.2, 0) is 4.79 Å². The van der Waals surface area contributed by atoms with Gasteiger partial charge in [-0.05, 0) is 59.6 Å². The van der Waals surface area contributed by atoms with Crippen LogP contribution in [0.25, 0.3) is 0 Å². The van der Waals surface area contributed by atoms with Gasteiger partial charge in [0.25, 0.3) is 0 Å². The van der Waals surface area contributed by atoms with E-state index in [0.717, 1.165) is 18.6 Å². The fourth-order valence-corrected chi connectivity index (χ4v) is 3.65. The second kappa shape index (κ2) is 5.54. The molecular formula is C13H14BrNO3S. The molecule has 0 saturated carbocycles. The number of carboxylic acid groups (broad SMARTS) is 1. The zero-order chi connectivity index (χ0) is 14.0. The van der Waals surface area contributed by atoms with Gasteiger partial charge in [-0.2, -0.15) is 0 Å². The fourth-order valence-electron chi connectivity index (χ4n) is 1.96. The predicted octanol–water partition coefficient (Wildman–Crippen LogP) is 3.37. The molecule has 1 aromatic rings. The molecule has 2 N–H and O–H groups in total. The van der Waals surface area contributed by atoms with E-state index in [-0.39, 0.29) is 16.2 Å². The number of nitrogens with one attached hydrogen (secondary N) is 1. The van der Waals surface area contributed by atoms with Gasteiger partial charge in [-0.1, -0.05) is 0 Å². The molecule has 2 rings (SSSR count). The molecule has 1 saturated heterocycles. The Morgan fingerprint density at radius 3 is 2.74 bits per heavy atom. The molecule has 1 amide bonds. The van der Waals surface area contributed by atoms with Crippen molar-refractivity contribution >= 4 is 45.3 Å². The van der Waals surface area contributed by atoms with Gasteiger partial charge in [0.05, 0.1) is 16.0 Å². The molecule has 1 heterocycles. The van der Waals surface area contributed by atoms with Crippen molar-refractivity contribution in [2.75, 3.05) is 11.1 Å². The second-order valence-electron chi connectivity index (χ2n) is 4.64. The predicted molar refractivity (Wildman–Crippen MR) is 79.8 cm³/mol. The number of carbonyl (C=O) groups is 2. The molecule has 1 aliphatic heterocycles. The minimum atomic E-state index is -0.989. The first kappa shape index (κ1) is 14.4. The van der Waals surface area contributed by atoms with Gasteiger partial charge in [0.2, 0.25) is 5.91 Å². The largest absolute Gasteiger partial charge is 0.478 e. The maximum atomic E-state index is 12.2. The second-order valence-corrected chi connectivity index (χ2v) is 7.09. The number of carboxylic acids is 1. The Kier molecular flexibility index (Phi) is 4.20. The monoisotopic (exact) mass is 343 g/mol. The zero-order valence-corrected chi connectivity index (χ0v) is 12.8. The number of hydrogen-bond acceptors (Lipinski definition) is 3. The Bertz CT molecular complexity index is 527. The number of halogens is 1. The van der Waals surface area contributed by atoms with Crippen molar-refractivity contribution in [3.05, 3.63) is 28.2 Å². The van der Waals surface area contributed by atoms with E-state index in [9.17, 15) is 9.59 Å². The Hall–Kier alpha value is -1.01. The summed E-state index contributed by atoms with van der Waals surface area (Å²) in [6.45, 7) is 1.94. The number of aromatic carboxylic acids is 1. The number of benzene rings is 1. The Balaban J connectivity index is 2.15. The molecule has 4 nitrogen and oxygen atoms in total. The van der Waals surface area contributed by atoms with Crippen LogP contribution in [0, 0.1) is 0 Å². The minimum Gasteiger partial charge on any atom is -0.478 e. The van der Waals surface area contributed by atoms with Crippen molar-refractivity contribution < 1.29 is 14.7 Å². The van der Waals surface area contributed by atoms with Crippen LogP contribution in [0.2, 0.25) is 0 Å². The number of rotatable bonds is 3. The fraction of sp³-hybridized carbons (Fsp3) is 0.385. The van der Waals surface area contributed by atoms with Crippen molar-refractivity contribution in [2.45, 2.75) is 24.5 Å². The maximum absolute atomic E-state index is 12.2. The third kappa shape index (κ3) is 3.12. The molecule has 0 radical (unpaired) electrons. The smallest absolute Gasteiger partial charge is 0.335 e. The number of anilines is 1. The van der Waals surface area contributed by atoms with Gasteiger partial charge in [-0.15, -0.1) is 11.8 Å². The summed E-state index contributed by atoms with van der Waals surface area (Å²) in [5.74, 6) is -0.0149. The van der Waals surface area contributed by atoms with Crippen molar-refractivity contribution in [1.82, 2.24) is 0 Å². The maximum Gasteiger partial charge on any atom is 0.335 e. The summed E-state index contributed by atoms with van der Waals surface area (Å²) in [6, 6.07) is 4.57. The van der Waals surface area contributed by atoms with Crippen LogP contribution >= 0.6 is 27.7 Å². The zero-order valence-electron chi connectivity index (χ0n) is 10.4. The third-order valence-electron chi connectivity index (χ3n) is 3.16. The van der Waals surface area contributed by atoms with Crippen molar-refractivity contribution in [3.63, 3.8) is 0 Å². The lowest BCUT2D eigenvalue weighted by atomic mass is 10.0. The van der Waals surface area contributed by atoms with Gasteiger partial charge in [0.1, 0.15) is 0 Å². The van der Waals surface area contributed by atoms with Crippen molar-refractivity contribution in [1.29, 1.82) is 0 Å². The molecule has 1 atom stereocenters. The molecule has 0 aromatic heterocycles. The van der Waals surface area contributed by atoms with Crippen LogP contribution in [-0.4, -0.2) is 27.5 Å². The van der Waals surface area contributed by atoms with E-state index in [0.29, 0.717) is 10.2 Å². The van der Waals surface area contributed by atoms with Crippen molar-refractivity contribution in [3.8, 4) is 0 Å². The average Bonchev–Trinajstić information content (AvgIpc) is 2.80. The molecule has 102 valence electrons. The van der Waals surface area contributed by atoms with Gasteiger partial charge in [0.15, 0.2) is 0 Å². The quantitative estimate of drug-likeness (QED) is 0.882. The Morgan fingerprint density at radius 2 is 2.21 bits per heavy atom. The van der Waals surface area contributed by atoms with Crippen LogP contribution in [0.4, 0.5) is 5.69 Å². The van der Waals surface area contributed by atoms with E-state index in [2.05, 4.69) is 21.2 Å². The van der Waals surface area contributed by atoms with Gasteiger partial charge in [-0.3, -0.25) is 4.79 Å². The van der Waals surface area contributed by atoms with E-state index in [1.807, 2.05) is 6.92 Å². The highest BCUT2D eigenvalue weighted by molar-refractivity contribution is 9.10. The summed E-state index contributed by atoms with van der Waals surface area (Å²) >= 11 is 4.95. The molecule has 1 unspecified atom stereocenters. The first-order valence-electron chi connectivity index (χ1n) is 5.91. The van der Waals surface area contributed by atoms with Crippen molar-refractivity contribution in [2.24, 2.45) is 0 Å². The minimum absolute atomic E-state index is 0.0289. The Labute approximate surface area is 124 Å². The lowest BCUT2D eigenvalue weighted by molar-refractivity contribution is -0.118. The highest BCUT2D eigenvalue weighted by atomic mass is 79.9. The first-order valence-corrected chi connectivity index (χ1v) is 7.68. The normalized spacial score (nSPS) is 22.2. The van der Waals surface area contributed by atoms with Crippen LogP contribution in [0.3, 0.4) is 0 Å². The lowest BCUT2D eigenvalue weighted by Gasteiger charge is -2.22. The first-order chi connectivity index (χ1) is 8.92. The van der Waals surface area contributed by atoms with Gasteiger partial charge >= 0.3 is 5.97 Å². The molecular weight excluding hydrogens is 330 g/mol. The topological polar surface area (TPSA) is 66.4 Å². The number of thioether (sulfide) groups is 1. The Morgan fingerprint density at radius 1 is 1.47 bits per heavy atom. The van der Waals surface area contributed by atoms with Gasteiger partial charge in [0, 0.05) is 4.47 Å². The average molecular weight is 344 g/mol. The number of carbonyl (C=O) groups excluding carboxylic acids is 1. The van der Waals surface area contributed by atoms with Gasteiger partial charge in [-0.25, -0.2) is 4.79 Å². The van der Waals surface area contributed by atoms with Crippen LogP contribution in [0.15, 0.2) is 22.7 Å². The molecule has 6 heteroatoms. The highest BCUT2D eigenvalue weighted by Crippen LogP contribution is 2.39. The highest BCUT2D eigenvalue weighted by Gasteiger charge is 2.37. The summed E-state index contributed by atoms with van der Waals surface area (Å²) < 4.78 is 0.192. The number of amides is 1. The van der Waals surface area contributed by atoms with E-state index in [1.54, 1.807) is 17.8 Å². The van der Waals surface area contributed by atoms with E-state index in [4.69, 9.17) is 5.11 Å². The van der Waals surface area contributed by atoms with Crippen LogP contribution < -0.4 is 5.32 Å². The molecule has 0 bridgehead atoms. The SMILES string of the molecule is CC1(C(=O)Nc2ccc(C(=O)O)cc2Br)CCCS1. The summed E-state index contributed by atoms with van der Waals surface area (Å²) in [6.07, 6.45) is 1.92. The lowest BCUT2D eigenvalue weighted by Crippen LogP contribution is -2.34. The standard InChI is InChI=1S/C13H14BrNO3S/c1-13(5-2-6-19-13)12(18)15-10-4-3-8(11(16)17)7-9(10)14/h3-4,7H,2,5-6H2,1H3,(H,15,18)(H,16,17). The molecule has 19 heavy (non-hydrogen) atoms. The van der Waals surface area contributed by atoms with E-state index in [1.165, 1.54) is 12.1 Å². The number of hydrogen-bond donors (Lipinski definition) is 2. The van der Waals surface area contributed by atoms with Crippen LogP contribution in [0.1, 0.15) is 30.1 Å². The van der Waals surface area contributed by atoms with Gasteiger partial charge < -0.3 is 10.4 Å². The summed E-state index contributed by atoms with van der Waals surface area (Å²) in [5.41, 5.74) is 0.787. The van der Waals surface area contributed by atoms with E-state index >= 15 is 0 Å². The molecule has 1 aromatic carbocycles. The van der Waals surface area contributed by atoms with E-state index < -0.39 is 5.97 Å². The third-order valence-corrected chi connectivity index (χ3v) is 5.34. The van der Waals surface area contributed by atoms with Crippen LogP contribution in [0.5, 0.6) is 0 Å². The molecule has 1 aliphatic rings. The summed E-state index contributed by atoms with van der Waals surface area (Å²) in [5, 5.41) is 11.7. The molecule has 1 fully saturated rings. The summed E-state index contributed by atoms with van der Waals surface area (Å²) in [7, 11) is 0. The molecule has 0 aliphatic carbocycles.